The van der Waals surface area contributed by atoms with E-state index in [1.165, 1.54) is 5.69 Å². The highest BCUT2D eigenvalue weighted by Crippen LogP contribution is 2.56. The summed E-state index contributed by atoms with van der Waals surface area (Å²) in [6, 6.07) is 8.27. The van der Waals surface area contributed by atoms with Gasteiger partial charge in [-0.15, -0.1) is 0 Å². The van der Waals surface area contributed by atoms with Crippen LogP contribution in [0.2, 0.25) is 0 Å². The van der Waals surface area contributed by atoms with Crippen molar-refractivity contribution in [2.24, 2.45) is 11.3 Å². The summed E-state index contributed by atoms with van der Waals surface area (Å²) in [5, 5.41) is 4.27. The van der Waals surface area contributed by atoms with Crippen LogP contribution in [0.25, 0.3) is 10.9 Å². The van der Waals surface area contributed by atoms with Crippen molar-refractivity contribution < 1.29 is 19.1 Å². The van der Waals surface area contributed by atoms with Crippen LogP contribution in [0, 0.1) is 11.3 Å². The minimum atomic E-state index is -0.382. The second-order valence-electron chi connectivity index (χ2n) is 10.7. The summed E-state index contributed by atoms with van der Waals surface area (Å²) in [7, 11) is 5.35. The lowest BCUT2D eigenvalue weighted by atomic mass is 9.82. The number of aryl methyl sites for hydroxylation is 1. The number of nitrogens with zero attached hydrogens (tertiary/aromatic N) is 1. The minimum Gasteiger partial charge on any atom is -0.458 e. The Morgan fingerprint density at radius 2 is 2.00 bits per heavy atom. The molecule has 1 amide bonds. The maximum atomic E-state index is 13.4. The molecule has 0 saturated heterocycles. The predicted molar refractivity (Wildman–Crippen MR) is 132 cm³/mol. The molecule has 2 aromatic rings. The Kier molecular flexibility index (Phi) is 5.61. The number of benzene rings is 1. The molecule has 1 saturated carbocycles. The fraction of sp³-hybridized carbons (Fsp3) is 0.481. The van der Waals surface area contributed by atoms with Crippen LogP contribution in [0.3, 0.4) is 0 Å². The first-order valence-corrected chi connectivity index (χ1v) is 12.1. The Hall–Kier alpha value is -2.96. The van der Waals surface area contributed by atoms with Gasteiger partial charge in [0.05, 0.1) is 11.1 Å². The van der Waals surface area contributed by atoms with Crippen molar-refractivity contribution in [3.63, 3.8) is 0 Å². The van der Waals surface area contributed by atoms with E-state index in [0.29, 0.717) is 19.3 Å². The van der Waals surface area contributed by atoms with Crippen molar-refractivity contribution in [1.82, 2.24) is 4.57 Å². The number of aromatic nitrogens is 1. The van der Waals surface area contributed by atoms with Crippen LogP contribution in [0.1, 0.15) is 58.6 Å². The van der Waals surface area contributed by atoms with E-state index in [2.05, 4.69) is 54.9 Å². The molecule has 2 aliphatic carbocycles. The maximum absolute atomic E-state index is 13.4. The number of rotatable bonds is 7. The van der Waals surface area contributed by atoms with E-state index < -0.39 is 0 Å². The van der Waals surface area contributed by atoms with Crippen molar-refractivity contribution in [1.29, 1.82) is 0 Å². The molecule has 1 aromatic heterocycles. The summed E-state index contributed by atoms with van der Waals surface area (Å²) in [6.07, 6.45) is 7.58. The van der Waals surface area contributed by atoms with E-state index in [0.717, 1.165) is 47.5 Å². The molecule has 1 N–H and O–H groups in total. The van der Waals surface area contributed by atoms with Crippen molar-refractivity contribution >= 4 is 36.0 Å². The Bertz CT molecular complexity index is 1210. The zero-order chi connectivity index (χ0) is 24.1. The van der Waals surface area contributed by atoms with Gasteiger partial charge in [-0.1, -0.05) is 26.8 Å². The lowest BCUT2D eigenvalue weighted by molar-refractivity contribution is -0.122. The standard InChI is InChI=1S/C27H31BN2O4/c1-26(2,3)23-14-17-13-19(7-8-20(17)30(23)12-4-5-24(28)31)29-25(32)27(10-11-27)18-6-9-21-22(15-18)34-16-33-21/h6-9,13-14,18H,4-5,10-12,15-16H2,1-3H3,(H,29,32). The molecule has 1 fully saturated rings. The number of carbonyl (C=O) groups excluding carboxylic acids is 2. The first-order valence-electron chi connectivity index (χ1n) is 12.1. The number of anilines is 1. The van der Waals surface area contributed by atoms with Gasteiger partial charge in [-0.3, -0.25) is 4.79 Å². The van der Waals surface area contributed by atoms with Gasteiger partial charge >= 0.3 is 0 Å². The number of ether oxygens (including phenoxy) is 2. The number of amides is 1. The highest BCUT2D eigenvalue weighted by Gasteiger charge is 2.55. The smallest absolute Gasteiger partial charge is 0.231 e. The number of allylic oxidation sites excluding steroid dienone is 3. The molecule has 5 rings (SSSR count). The predicted octanol–water partition coefficient (Wildman–Crippen LogP) is 4.92. The Labute approximate surface area is 201 Å². The summed E-state index contributed by atoms with van der Waals surface area (Å²) in [4.78, 5) is 24.6. The molecule has 2 radical (unpaired) electrons. The third-order valence-electron chi connectivity index (χ3n) is 7.29. The summed E-state index contributed by atoms with van der Waals surface area (Å²) in [5.41, 5.74) is 2.39. The molecule has 1 atom stereocenters. The average molecular weight is 458 g/mol. The lowest BCUT2D eigenvalue weighted by Gasteiger charge is -2.25. The molecule has 34 heavy (non-hydrogen) atoms. The van der Waals surface area contributed by atoms with E-state index >= 15 is 0 Å². The highest BCUT2D eigenvalue weighted by molar-refractivity contribution is 6.57. The summed E-state index contributed by atoms with van der Waals surface area (Å²) in [5.74, 6) is 1.85. The van der Waals surface area contributed by atoms with Crippen molar-refractivity contribution in [3.05, 3.63) is 53.6 Å². The van der Waals surface area contributed by atoms with Crippen LogP contribution in [0.5, 0.6) is 0 Å². The van der Waals surface area contributed by atoms with E-state index in [1.807, 2.05) is 12.1 Å². The topological polar surface area (TPSA) is 69.6 Å². The van der Waals surface area contributed by atoms with E-state index in [9.17, 15) is 9.59 Å². The molecule has 1 unspecified atom stereocenters. The van der Waals surface area contributed by atoms with Crippen LogP contribution < -0.4 is 5.32 Å². The molecule has 3 aliphatic rings. The monoisotopic (exact) mass is 458 g/mol. The number of fused-ring (bicyclic) bond motifs is 1. The third-order valence-corrected chi connectivity index (χ3v) is 7.29. The first-order chi connectivity index (χ1) is 16.2. The quantitative estimate of drug-likeness (QED) is 0.598. The van der Waals surface area contributed by atoms with Crippen molar-refractivity contribution in [3.8, 4) is 0 Å². The lowest BCUT2D eigenvalue weighted by Crippen LogP contribution is -2.31. The van der Waals surface area contributed by atoms with Gasteiger partial charge in [0.1, 0.15) is 5.76 Å². The molecule has 6 nitrogen and oxygen atoms in total. The largest absolute Gasteiger partial charge is 0.458 e. The summed E-state index contributed by atoms with van der Waals surface area (Å²) < 4.78 is 13.3. The molecule has 176 valence electrons. The van der Waals surface area contributed by atoms with Gasteiger partial charge in [0, 0.05) is 40.7 Å². The van der Waals surface area contributed by atoms with Gasteiger partial charge in [-0.05, 0) is 61.9 Å². The van der Waals surface area contributed by atoms with E-state index in [-0.39, 0.29) is 35.1 Å². The Balaban J connectivity index is 1.36. The molecule has 1 aliphatic heterocycles. The molecular weight excluding hydrogens is 427 g/mol. The number of hydrogen-bond donors (Lipinski definition) is 1. The highest BCUT2D eigenvalue weighted by atomic mass is 16.7. The molecular formula is C27H31BN2O4. The maximum Gasteiger partial charge on any atom is 0.231 e. The van der Waals surface area contributed by atoms with Gasteiger partial charge in [-0.25, -0.2) is 0 Å². The van der Waals surface area contributed by atoms with Gasteiger partial charge in [0.2, 0.25) is 12.7 Å². The van der Waals surface area contributed by atoms with E-state index in [4.69, 9.17) is 17.3 Å². The Morgan fingerprint density at radius 3 is 2.71 bits per heavy atom. The van der Waals surface area contributed by atoms with Crippen LogP contribution in [0.4, 0.5) is 5.69 Å². The minimum absolute atomic E-state index is 0.0555. The second-order valence-corrected chi connectivity index (χ2v) is 10.7. The Morgan fingerprint density at radius 1 is 1.21 bits per heavy atom. The SMILES string of the molecule is [B]C(=O)CCCn1c(C(C)(C)C)cc2cc(NC(=O)C3(C4C=CC5=C(C4)OCO5)CC3)ccc21. The third kappa shape index (κ3) is 4.17. The van der Waals surface area contributed by atoms with Crippen LogP contribution >= 0.6 is 0 Å². The van der Waals surface area contributed by atoms with Crippen LogP contribution in [-0.2, 0) is 31.0 Å². The molecule has 0 bridgehead atoms. The molecule has 1 aromatic carbocycles. The molecule has 0 spiro atoms. The van der Waals surface area contributed by atoms with Gasteiger partial charge in [0.25, 0.3) is 0 Å². The first kappa shape index (κ1) is 22.8. The van der Waals surface area contributed by atoms with Gasteiger partial charge in [-0.2, -0.15) is 0 Å². The summed E-state index contributed by atoms with van der Waals surface area (Å²) >= 11 is 0. The number of hydrogen-bond acceptors (Lipinski definition) is 4. The zero-order valence-corrected chi connectivity index (χ0v) is 20.1. The van der Waals surface area contributed by atoms with Gasteiger partial charge < -0.3 is 24.2 Å². The zero-order valence-electron chi connectivity index (χ0n) is 20.1. The van der Waals surface area contributed by atoms with Crippen LogP contribution in [-0.4, -0.2) is 30.8 Å². The average Bonchev–Trinajstić information content (AvgIpc) is 3.31. The van der Waals surface area contributed by atoms with Crippen molar-refractivity contribution in [2.45, 2.75) is 64.8 Å². The normalized spacial score (nSPS) is 20.6. The fourth-order valence-electron chi connectivity index (χ4n) is 5.25. The van der Waals surface area contributed by atoms with Crippen LogP contribution in [0.15, 0.2) is 47.9 Å². The molecule has 7 heteroatoms. The van der Waals surface area contributed by atoms with E-state index in [1.54, 1.807) is 0 Å². The number of nitrogens with one attached hydrogen (secondary N) is 1. The van der Waals surface area contributed by atoms with Gasteiger partial charge in [0.15, 0.2) is 13.6 Å². The second kappa shape index (κ2) is 8.37. The fourth-order valence-corrected chi connectivity index (χ4v) is 5.25. The summed E-state index contributed by atoms with van der Waals surface area (Å²) in [6.45, 7) is 7.54. The van der Waals surface area contributed by atoms with Crippen molar-refractivity contribution in [2.75, 3.05) is 12.1 Å². The molecule has 2 heterocycles. The number of carbonyl (C=O) groups is 2.